The number of hydrogen-bond acceptors (Lipinski definition) is 8. The average molecular weight is 436 g/mol. The lowest BCUT2D eigenvalue weighted by molar-refractivity contribution is 0.0534. The molecule has 2 aromatic carbocycles. The number of likely N-dealkylation sites (tertiary alicyclic amines) is 1. The van der Waals surface area contributed by atoms with Crippen LogP contribution in [-0.4, -0.2) is 58.4 Å². The standard InChI is InChI=1S/C23H24N4O5/c1-13-16(3-4-17-18(13)12-31-23(17)30)21(28)11-27-7-6-14(10-27)9-24-22(29)15-2-5-19-20(8-15)26-32-25-19/h2-5,8,14,21,28H,6-7,9-12H2,1H3,(H,24,29)/t14?,21-/m1/s1. The summed E-state index contributed by atoms with van der Waals surface area (Å²) >= 11 is 0. The molecule has 0 radical (unpaired) electrons. The summed E-state index contributed by atoms with van der Waals surface area (Å²) in [4.78, 5) is 26.4. The zero-order chi connectivity index (χ0) is 22.2. The fraction of sp³-hybridized carbons (Fsp3) is 0.391. The van der Waals surface area contributed by atoms with Gasteiger partial charge in [0.25, 0.3) is 5.91 Å². The number of hydrogen-bond donors (Lipinski definition) is 2. The molecule has 32 heavy (non-hydrogen) atoms. The highest BCUT2D eigenvalue weighted by atomic mass is 16.6. The monoisotopic (exact) mass is 436 g/mol. The molecule has 3 aromatic rings. The molecule has 9 nitrogen and oxygen atoms in total. The lowest BCUT2D eigenvalue weighted by atomic mass is 9.95. The van der Waals surface area contributed by atoms with Gasteiger partial charge in [-0.05, 0) is 71.5 Å². The topological polar surface area (TPSA) is 118 Å². The summed E-state index contributed by atoms with van der Waals surface area (Å²) < 4.78 is 9.78. The Morgan fingerprint density at radius 2 is 2.12 bits per heavy atom. The number of cyclic esters (lactones) is 1. The van der Waals surface area contributed by atoms with Crippen LogP contribution in [0.4, 0.5) is 0 Å². The van der Waals surface area contributed by atoms with Gasteiger partial charge in [-0.2, -0.15) is 0 Å². The van der Waals surface area contributed by atoms with Crippen molar-refractivity contribution in [1.29, 1.82) is 0 Å². The third kappa shape index (κ3) is 3.85. The van der Waals surface area contributed by atoms with Crippen LogP contribution in [-0.2, 0) is 11.3 Å². The van der Waals surface area contributed by atoms with Gasteiger partial charge in [-0.25, -0.2) is 9.42 Å². The van der Waals surface area contributed by atoms with Crippen molar-refractivity contribution in [3.05, 3.63) is 58.1 Å². The van der Waals surface area contributed by atoms with Crippen LogP contribution in [0.25, 0.3) is 11.0 Å². The largest absolute Gasteiger partial charge is 0.457 e. The van der Waals surface area contributed by atoms with Gasteiger partial charge in [-0.15, -0.1) is 0 Å². The van der Waals surface area contributed by atoms with E-state index in [1.807, 2.05) is 13.0 Å². The molecule has 5 rings (SSSR count). The number of nitrogens with one attached hydrogen (secondary N) is 1. The number of benzene rings is 2. The van der Waals surface area contributed by atoms with E-state index in [-0.39, 0.29) is 18.5 Å². The fourth-order valence-electron chi connectivity index (χ4n) is 4.58. The van der Waals surface area contributed by atoms with E-state index in [1.165, 1.54) is 0 Å². The van der Waals surface area contributed by atoms with Crippen molar-refractivity contribution in [2.24, 2.45) is 5.92 Å². The highest BCUT2D eigenvalue weighted by Gasteiger charge is 2.28. The summed E-state index contributed by atoms with van der Waals surface area (Å²) in [6.45, 7) is 4.93. The Kier molecular flexibility index (Phi) is 5.36. The first-order chi connectivity index (χ1) is 15.5. The summed E-state index contributed by atoms with van der Waals surface area (Å²) in [5, 5.41) is 21.3. The number of rotatable bonds is 6. The van der Waals surface area contributed by atoms with Crippen molar-refractivity contribution < 1.29 is 24.1 Å². The molecule has 2 atom stereocenters. The van der Waals surface area contributed by atoms with Gasteiger partial charge in [0.1, 0.15) is 17.6 Å². The third-order valence-electron chi connectivity index (χ3n) is 6.44. The van der Waals surface area contributed by atoms with Crippen molar-refractivity contribution in [1.82, 2.24) is 20.5 Å². The van der Waals surface area contributed by atoms with E-state index in [0.717, 1.165) is 36.2 Å². The molecule has 166 valence electrons. The molecule has 0 bridgehead atoms. The number of ether oxygens (including phenoxy) is 1. The van der Waals surface area contributed by atoms with Gasteiger partial charge in [-0.1, -0.05) is 6.07 Å². The maximum Gasteiger partial charge on any atom is 0.338 e. The predicted octanol–water partition coefficient (Wildman–Crippen LogP) is 1.99. The van der Waals surface area contributed by atoms with Crippen LogP contribution in [0.1, 0.15) is 49.9 Å². The van der Waals surface area contributed by atoms with Crippen LogP contribution in [0.3, 0.4) is 0 Å². The van der Waals surface area contributed by atoms with Gasteiger partial charge in [-0.3, -0.25) is 4.79 Å². The van der Waals surface area contributed by atoms with E-state index >= 15 is 0 Å². The van der Waals surface area contributed by atoms with Crippen LogP contribution in [0.2, 0.25) is 0 Å². The number of carbonyl (C=O) groups excluding carboxylic acids is 2. The van der Waals surface area contributed by atoms with E-state index in [1.54, 1.807) is 24.3 Å². The van der Waals surface area contributed by atoms with Gasteiger partial charge in [0, 0.05) is 30.8 Å². The second-order valence-electron chi connectivity index (χ2n) is 8.49. The lowest BCUT2D eigenvalue weighted by Crippen LogP contribution is -2.32. The van der Waals surface area contributed by atoms with E-state index in [9.17, 15) is 14.7 Å². The minimum atomic E-state index is -0.646. The van der Waals surface area contributed by atoms with E-state index in [2.05, 4.69) is 25.2 Å². The van der Waals surface area contributed by atoms with Gasteiger partial charge in [0.15, 0.2) is 0 Å². The minimum absolute atomic E-state index is 0.154. The molecule has 9 heteroatoms. The number of aliphatic hydroxyl groups is 1. The molecule has 2 aliphatic rings. The number of carbonyl (C=O) groups is 2. The van der Waals surface area contributed by atoms with Gasteiger partial charge < -0.3 is 20.1 Å². The predicted molar refractivity (Wildman–Crippen MR) is 114 cm³/mol. The first-order valence-electron chi connectivity index (χ1n) is 10.7. The van der Waals surface area contributed by atoms with Crippen LogP contribution in [0, 0.1) is 12.8 Å². The van der Waals surface area contributed by atoms with E-state index in [0.29, 0.717) is 41.2 Å². The summed E-state index contributed by atoms with van der Waals surface area (Å²) in [5.74, 6) is -0.138. The molecule has 0 aliphatic carbocycles. The SMILES string of the molecule is Cc1c([C@H](O)CN2CCC(CNC(=O)c3ccc4nonc4c3)C2)ccc2c1COC2=O. The number of aliphatic hydroxyl groups excluding tert-OH is 1. The van der Waals surface area contributed by atoms with Crippen molar-refractivity contribution >= 4 is 22.9 Å². The normalized spacial score (nSPS) is 19.2. The van der Waals surface area contributed by atoms with Crippen molar-refractivity contribution in [2.75, 3.05) is 26.2 Å². The number of esters is 1. The fourth-order valence-corrected chi connectivity index (χ4v) is 4.58. The number of aromatic nitrogens is 2. The lowest BCUT2D eigenvalue weighted by Gasteiger charge is -2.22. The van der Waals surface area contributed by atoms with Gasteiger partial charge >= 0.3 is 5.97 Å². The molecule has 1 amide bonds. The highest BCUT2D eigenvalue weighted by molar-refractivity contribution is 5.97. The molecular formula is C23H24N4O5. The molecule has 3 heterocycles. The molecule has 0 saturated carbocycles. The van der Waals surface area contributed by atoms with Crippen molar-refractivity contribution in [2.45, 2.75) is 26.1 Å². The Hall–Kier alpha value is -3.30. The summed E-state index contributed by atoms with van der Waals surface area (Å²) in [6, 6.07) is 8.64. The maximum absolute atomic E-state index is 12.5. The first-order valence-corrected chi connectivity index (χ1v) is 10.7. The second-order valence-corrected chi connectivity index (χ2v) is 8.49. The van der Waals surface area contributed by atoms with Crippen molar-refractivity contribution in [3.8, 4) is 0 Å². The first kappa shape index (κ1) is 20.6. The quantitative estimate of drug-likeness (QED) is 0.564. The van der Waals surface area contributed by atoms with Crippen LogP contribution in [0.5, 0.6) is 0 Å². The van der Waals surface area contributed by atoms with Crippen LogP contribution >= 0.6 is 0 Å². The Morgan fingerprint density at radius 3 is 3.00 bits per heavy atom. The number of β-amino-alcohol motifs (C(OH)–C–C–N with tert-alkyl or cyclic N) is 1. The Bertz CT molecular complexity index is 1190. The number of nitrogens with zero attached hydrogens (tertiary/aromatic N) is 3. The van der Waals surface area contributed by atoms with E-state index in [4.69, 9.17) is 4.74 Å². The highest BCUT2D eigenvalue weighted by Crippen LogP contribution is 2.30. The van der Waals surface area contributed by atoms with E-state index < -0.39 is 6.10 Å². The smallest absolute Gasteiger partial charge is 0.338 e. The Balaban J connectivity index is 1.15. The van der Waals surface area contributed by atoms with Crippen molar-refractivity contribution in [3.63, 3.8) is 0 Å². The maximum atomic E-state index is 12.5. The number of amides is 1. The molecule has 1 fully saturated rings. The zero-order valence-corrected chi connectivity index (χ0v) is 17.7. The molecule has 1 saturated heterocycles. The average Bonchev–Trinajstić information content (AvgIpc) is 3.52. The summed E-state index contributed by atoms with van der Waals surface area (Å²) in [5.41, 5.74) is 4.90. The summed E-state index contributed by atoms with van der Waals surface area (Å²) in [6.07, 6.45) is 0.303. The molecule has 2 aliphatic heterocycles. The summed E-state index contributed by atoms with van der Waals surface area (Å²) in [7, 11) is 0. The number of fused-ring (bicyclic) bond motifs is 2. The van der Waals surface area contributed by atoms with Gasteiger partial charge in [0.05, 0.1) is 11.7 Å². The zero-order valence-electron chi connectivity index (χ0n) is 17.7. The third-order valence-corrected chi connectivity index (χ3v) is 6.44. The molecule has 0 spiro atoms. The minimum Gasteiger partial charge on any atom is -0.457 e. The Labute approximate surface area is 184 Å². The van der Waals surface area contributed by atoms with Crippen LogP contribution in [0.15, 0.2) is 35.0 Å². The molecule has 1 unspecified atom stereocenters. The molecule has 1 aromatic heterocycles. The molecular weight excluding hydrogens is 412 g/mol. The Morgan fingerprint density at radius 1 is 1.28 bits per heavy atom. The van der Waals surface area contributed by atoms with Gasteiger partial charge in [0.2, 0.25) is 0 Å². The second kappa shape index (κ2) is 8.33. The van der Waals surface area contributed by atoms with Crippen LogP contribution < -0.4 is 5.32 Å². The molecule has 2 N–H and O–H groups in total.